The molecule has 154 valence electrons. The van der Waals surface area contributed by atoms with Crippen LogP contribution in [0.25, 0.3) is 0 Å². The maximum atomic E-state index is 12.5. The fraction of sp³-hybridized carbons (Fsp3) is 0.550. The van der Waals surface area contributed by atoms with Gasteiger partial charge in [0.2, 0.25) is 11.8 Å². The van der Waals surface area contributed by atoms with Gasteiger partial charge < -0.3 is 19.5 Å². The van der Waals surface area contributed by atoms with Crippen molar-refractivity contribution < 1.29 is 14.1 Å². The highest BCUT2D eigenvalue weighted by molar-refractivity contribution is 5.85. The molecule has 0 saturated carbocycles. The van der Waals surface area contributed by atoms with Gasteiger partial charge in [0.05, 0.1) is 18.9 Å². The summed E-state index contributed by atoms with van der Waals surface area (Å²) in [6.07, 6.45) is 3.01. The van der Waals surface area contributed by atoms with Crippen LogP contribution in [0.5, 0.6) is 5.75 Å². The number of likely N-dealkylation sites (tertiary alicyclic amines) is 1. The number of rotatable bonds is 8. The molecule has 1 aromatic carbocycles. The summed E-state index contributed by atoms with van der Waals surface area (Å²) in [5, 5.41) is 7.25. The first-order valence-electron chi connectivity index (χ1n) is 9.61. The highest BCUT2D eigenvalue weighted by Gasteiger charge is 2.28. The Morgan fingerprint density at radius 3 is 2.93 bits per heavy atom. The number of likely N-dealkylation sites (N-methyl/N-ethyl adjacent to an activating group) is 1. The Hall–Kier alpha value is -2.12. The van der Waals surface area contributed by atoms with Gasteiger partial charge in [-0.2, -0.15) is 4.98 Å². The fourth-order valence-electron chi connectivity index (χ4n) is 3.23. The minimum atomic E-state index is 0. The van der Waals surface area contributed by atoms with E-state index < -0.39 is 0 Å². The van der Waals surface area contributed by atoms with Gasteiger partial charge in [-0.3, -0.25) is 4.79 Å². The van der Waals surface area contributed by atoms with Crippen LogP contribution in [0.4, 0.5) is 0 Å². The van der Waals surface area contributed by atoms with Crippen molar-refractivity contribution in [3.63, 3.8) is 0 Å². The number of aromatic nitrogens is 2. The lowest BCUT2D eigenvalue weighted by Gasteiger charge is -2.31. The molecule has 2 aromatic rings. The summed E-state index contributed by atoms with van der Waals surface area (Å²) in [5.74, 6) is 2.37. The molecular weight excluding hydrogens is 380 g/mol. The molecule has 0 spiro atoms. The van der Waals surface area contributed by atoms with Gasteiger partial charge in [0, 0.05) is 25.6 Å². The molecule has 7 nitrogen and oxygen atoms in total. The van der Waals surface area contributed by atoms with Gasteiger partial charge in [-0.15, -0.1) is 12.4 Å². The van der Waals surface area contributed by atoms with Crippen LogP contribution in [-0.2, 0) is 11.2 Å². The molecule has 0 aliphatic carbocycles. The Bertz CT molecular complexity index is 725. The molecule has 1 N–H and O–H groups in total. The third-order valence-corrected chi connectivity index (χ3v) is 4.92. The maximum Gasteiger partial charge on any atom is 0.231 e. The molecule has 1 saturated heterocycles. The van der Waals surface area contributed by atoms with Crippen molar-refractivity contribution in [3.8, 4) is 5.75 Å². The second-order valence-electron chi connectivity index (χ2n) is 7.03. The molecule has 0 bridgehead atoms. The number of halogens is 1. The van der Waals surface area contributed by atoms with E-state index in [-0.39, 0.29) is 24.2 Å². The summed E-state index contributed by atoms with van der Waals surface area (Å²) in [4.78, 5) is 19.0. The summed E-state index contributed by atoms with van der Waals surface area (Å²) in [6, 6.07) is 9.86. The number of hydrogen-bond donors (Lipinski definition) is 1. The Labute approximate surface area is 172 Å². The summed E-state index contributed by atoms with van der Waals surface area (Å²) in [7, 11) is 1.91. The quantitative estimate of drug-likeness (QED) is 0.723. The SMILES string of the molecule is CNC(C)Cc1noc(C2CCCN(C(=O)CCOc3ccccc3)C2)n1.Cl. The highest BCUT2D eigenvalue weighted by Crippen LogP contribution is 2.26. The van der Waals surface area contributed by atoms with E-state index in [0.717, 1.165) is 31.6 Å². The van der Waals surface area contributed by atoms with Gasteiger partial charge >= 0.3 is 0 Å². The second-order valence-corrected chi connectivity index (χ2v) is 7.03. The molecule has 2 unspecified atom stereocenters. The average molecular weight is 409 g/mol. The van der Waals surface area contributed by atoms with E-state index in [0.29, 0.717) is 37.3 Å². The van der Waals surface area contributed by atoms with Gasteiger partial charge in [-0.1, -0.05) is 23.4 Å². The summed E-state index contributed by atoms with van der Waals surface area (Å²) in [6.45, 7) is 3.87. The number of carbonyl (C=O) groups is 1. The standard InChI is InChI=1S/C20H28N4O3.ClH/c1-15(21-2)13-18-22-20(27-23-18)16-7-6-11-24(14-16)19(25)10-12-26-17-8-4-3-5-9-17;/h3-5,8-9,15-16,21H,6-7,10-14H2,1-2H3;1H. The molecule has 1 amide bonds. The van der Waals surface area contributed by atoms with Crippen LogP contribution in [0.3, 0.4) is 0 Å². The minimum absolute atomic E-state index is 0. The van der Waals surface area contributed by atoms with Crippen LogP contribution in [0.1, 0.15) is 43.8 Å². The number of para-hydroxylation sites is 1. The number of nitrogens with one attached hydrogen (secondary N) is 1. The predicted molar refractivity (Wildman–Crippen MR) is 109 cm³/mol. The smallest absolute Gasteiger partial charge is 0.231 e. The lowest BCUT2D eigenvalue weighted by Crippen LogP contribution is -2.39. The Morgan fingerprint density at radius 2 is 2.18 bits per heavy atom. The highest BCUT2D eigenvalue weighted by atomic mass is 35.5. The molecule has 2 atom stereocenters. The van der Waals surface area contributed by atoms with E-state index in [9.17, 15) is 4.79 Å². The zero-order valence-corrected chi connectivity index (χ0v) is 17.3. The average Bonchev–Trinajstić information content (AvgIpc) is 3.17. The van der Waals surface area contributed by atoms with E-state index in [4.69, 9.17) is 9.26 Å². The number of nitrogens with zero attached hydrogens (tertiary/aromatic N) is 3. The van der Waals surface area contributed by atoms with E-state index >= 15 is 0 Å². The molecule has 28 heavy (non-hydrogen) atoms. The molecule has 1 aliphatic heterocycles. The van der Waals surface area contributed by atoms with E-state index in [1.165, 1.54) is 0 Å². The lowest BCUT2D eigenvalue weighted by molar-refractivity contribution is -0.133. The second kappa shape index (κ2) is 11.0. The van der Waals surface area contributed by atoms with Gasteiger partial charge in [-0.05, 0) is 38.9 Å². The fourth-order valence-corrected chi connectivity index (χ4v) is 3.23. The van der Waals surface area contributed by atoms with Crippen molar-refractivity contribution in [1.82, 2.24) is 20.4 Å². The van der Waals surface area contributed by atoms with Gasteiger partial charge in [0.25, 0.3) is 0 Å². The Balaban J connectivity index is 0.00000280. The normalized spacial score (nSPS) is 17.6. The van der Waals surface area contributed by atoms with Crippen LogP contribution < -0.4 is 10.1 Å². The monoisotopic (exact) mass is 408 g/mol. The van der Waals surface area contributed by atoms with E-state index in [2.05, 4.69) is 22.4 Å². The topological polar surface area (TPSA) is 80.5 Å². The number of ether oxygens (including phenoxy) is 1. The predicted octanol–water partition coefficient (Wildman–Crippen LogP) is 2.82. The zero-order chi connectivity index (χ0) is 19.1. The summed E-state index contributed by atoms with van der Waals surface area (Å²) >= 11 is 0. The first-order chi connectivity index (χ1) is 13.2. The van der Waals surface area contributed by atoms with Crippen LogP contribution in [0, 0.1) is 0 Å². The third-order valence-electron chi connectivity index (χ3n) is 4.92. The number of piperidine rings is 1. The summed E-state index contributed by atoms with van der Waals surface area (Å²) in [5.41, 5.74) is 0. The van der Waals surface area contributed by atoms with Crippen LogP contribution >= 0.6 is 12.4 Å². The molecule has 1 fully saturated rings. The number of hydrogen-bond acceptors (Lipinski definition) is 6. The zero-order valence-electron chi connectivity index (χ0n) is 16.5. The molecule has 8 heteroatoms. The molecule has 2 heterocycles. The molecule has 1 aromatic heterocycles. The first kappa shape index (κ1) is 22.2. The minimum Gasteiger partial charge on any atom is -0.493 e. The number of amides is 1. The molecule has 0 radical (unpaired) electrons. The van der Waals surface area contributed by atoms with Gasteiger partial charge in [-0.25, -0.2) is 0 Å². The number of carbonyl (C=O) groups excluding carboxylic acids is 1. The van der Waals surface area contributed by atoms with Gasteiger partial charge in [0.1, 0.15) is 5.75 Å². The molecule has 1 aliphatic rings. The first-order valence-corrected chi connectivity index (χ1v) is 9.61. The van der Waals surface area contributed by atoms with Crippen molar-refractivity contribution in [3.05, 3.63) is 42.0 Å². The van der Waals surface area contributed by atoms with Crippen LogP contribution in [0.15, 0.2) is 34.9 Å². The molecule has 3 rings (SSSR count). The largest absolute Gasteiger partial charge is 0.493 e. The van der Waals surface area contributed by atoms with Crippen molar-refractivity contribution in [2.45, 2.75) is 44.6 Å². The van der Waals surface area contributed by atoms with Crippen molar-refractivity contribution in [2.75, 3.05) is 26.7 Å². The van der Waals surface area contributed by atoms with E-state index in [1.807, 2.05) is 42.3 Å². The molecular formula is C20H29ClN4O3. The van der Waals surface area contributed by atoms with E-state index in [1.54, 1.807) is 0 Å². The lowest BCUT2D eigenvalue weighted by atomic mass is 9.97. The van der Waals surface area contributed by atoms with Crippen LogP contribution in [0.2, 0.25) is 0 Å². The van der Waals surface area contributed by atoms with Crippen molar-refractivity contribution in [1.29, 1.82) is 0 Å². The summed E-state index contributed by atoms with van der Waals surface area (Å²) < 4.78 is 11.1. The Morgan fingerprint density at radius 1 is 1.39 bits per heavy atom. The van der Waals surface area contributed by atoms with Gasteiger partial charge in [0.15, 0.2) is 5.82 Å². The number of benzene rings is 1. The van der Waals surface area contributed by atoms with Crippen molar-refractivity contribution in [2.24, 2.45) is 0 Å². The Kier molecular flexibility index (Phi) is 8.73. The van der Waals surface area contributed by atoms with Crippen LogP contribution in [-0.4, -0.2) is 53.7 Å². The van der Waals surface area contributed by atoms with Crippen molar-refractivity contribution >= 4 is 18.3 Å². The maximum absolute atomic E-state index is 12.5. The third kappa shape index (κ3) is 6.21.